The Morgan fingerprint density at radius 1 is 1.00 bits per heavy atom. The number of aryl methyl sites for hydroxylation is 2. The summed E-state index contributed by atoms with van der Waals surface area (Å²) in [5.41, 5.74) is 2.03. The van der Waals surface area contributed by atoms with Gasteiger partial charge < -0.3 is 18.9 Å². The summed E-state index contributed by atoms with van der Waals surface area (Å²) < 4.78 is 44.0. The lowest BCUT2D eigenvalue weighted by Crippen LogP contribution is -2.50. The van der Waals surface area contributed by atoms with Crippen molar-refractivity contribution in [3.63, 3.8) is 0 Å². The van der Waals surface area contributed by atoms with Crippen LogP contribution in [0.3, 0.4) is 0 Å². The molecule has 0 bridgehead atoms. The number of benzene rings is 2. The van der Waals surface area contributed by atoms with E-state index in [0.717, 1.165) is 11.3 Å². The quantitative estimate of drug-likeness (QED) is 0.468. The molecule has 1 fully saturated rings. The van der Waals surface area contributed by atoms with E-state index in [9.17, 15) is 13.2 Å². The van der Waals surface area contributed by atoms with Crippen molar-refractivity contribution in [1.29, 1.82) is 0 Å². The van der Waals surface area contributed by atoms with Gasteiger partial charge in [-0.1, -0.05) is 17.3 Å². The zero-order valence-corrected chi connectivity index (χ0v) is 20.9. The minimum absolute atomic E-state index is 0.197. The van der Waals surface area contributed by atoms with Crippen LogP contribution in [0.25, 0.3) is 0 Å². The van der Waals surface area contributed by atoms with E-state index in [4.69, 9.17) is 14.0 Å². The molecule has 2 heterocycles. The van der Waals surface area contributed by atoms with Crippen LogP contribution in [0, 0.1) is 13.8 Å². The van der Waals surface area contributed by atoms with Crippen molar-refractivity contribution >= 4 is 15.9 Å². The third-order valence-corrected chi connectivity index (χ3v) is 7.88. The fourth-order valence-electron chi connectivity index (χ4n) is 3.95. The molecule has 10 heteroatoms. The van der Waals surface area contributed by atoms with E-state index in [2.05, 4.69) is 5.16 Å². The molecule has 186 valence electrons. The number of sulfonamides is 1. The van der Waals surface area contributed by atoms with Gasteiger partial charge in [-0.3, -0.25) is 4.79 Å². The summed E-state index contributed by atoms with van der Waals surface area (Å²) in [5, 5.41) is 3.93. The minimum atomic E-state index is -3.66. The lowest BCUT2D eigenvalue weighted by molar-refractivity contribution is 0.0693. The van der Waals surface area contributed by atoms with Crippen LogP contribution in [0.5, 0.6) is 11.5 Å². The molecule has 1 aliphatic heterocycles. The van der Waals surface area contributed by atoms with Crippen molar-refractivity contribution in [2.45, 2.75) is 32.3 Å². The van der Waals surface area contributed by atoms with Crippen LogP contribution in [-0.2, 0) is 16.6 Å². The van der Waals surface area contributed by atoms with Crippen LogP contribution in [0.15, 0.2) is 57.9 Å². The van der Waals surface area contributed by atoms with E-state index in [1.165, 1.54) is 4.31 Å². The molecule has 0 spiro atoms. The Labute approximate surface area is 205 Å². The molecule has 35 heavy (non-hydrogen) atoms. The number of rotatable bonds is 8. The molecule has 1 amide bonds. The molecule has 0 saturated carbocycles. The topological polar surface area (TPSA) is 102 Å². The second-order valence-electron chi connectivity index (χ2n) is 8.19. The Hall–Kier alpha value is -3.37. The van der Waals surface area contributed by atoms with E-state index in [1.54, 1.807) is 53.4 Å². The molecule has 0 radical (unpaired) electrons. The number of hydrogen-bond donors (Lipinski definition) is 0. The zero-order chi connectivity index (χ0) is 25.0. The largest absolute Gasteiger partial charge is 0.494 e. The van der Waals surface area contributed by atoms with Gasteiger partial charge in [-0.2, -0.15) is 4.31 Å². The van der Waals surface area contributed by atoms with E-state index >= 15 is 0 Å². The van der Waals surface area contributed by atoms with Crippen molar-refractivity contribution in [2.75, 3.05) is 32.8 Å². The van der Waals surface area contributed by atoms with Gasteiger partial charge in [-0.25, -0.2) is 8.42 Å². The van der Waals surface area contributed by atoms with Crippen molar-refractivity contribution in [2.24, 2.45) is 0 Å². The number of hydrogen-bond acceptors (Lipinski definition) is 7. The number of ether oxygens (including phenoxy) is 2. The molecule has 1 aromatic heterocycles. The van der Waals surface area contributed by atoms with Crippen LogP contribution < -0.4 is 9.47 Å². The Kier molecular flexibility index (Phi) is 7.42. The average Bonchev–Trinajstić information content (AvgIpc) is 3.20. The normalized spacial score (nSPS) is 14.7. The number of amides is 1. The van der Waals surface area contributed by atoms with Gasteiger partial charge in [0.15, 0.2) is 0 Å². The maximum absolute atomic E-state index is 13.3. The molecule has 3 aromatic rings. The second-order valence-corrected chi connectivity index (χ2v) is 10.1. The molecule has 0 atom stereocenters. The highest BCUT2D eigenvalue weighted by Crippen LogP contribution is 2.25. The maximum Gasteiger partial charge on any atom is 0.257 e. The van der Waals surface area contributed by atoms with Crippen LogP contribution in [0.4, 0.5) is 0 Å². The van der Waals surface area contributed by atoms with Gasteiger partial charge in [-0.05, 0) is 57.2 Å². The van der Waals surface area contributed by atoms with E-state index in [-0.39, 0.29) is 43.6 Å². The first-order valence-electron chi connectivity index (χ1n) is 11.5. The smallest absolute Gasteiger partial charge is 0.257 e. The number of carbonyl (C=O) groups is 1. The third kappa shape index (κ3) is 5.33. The van der Waals surface area contributed by atoms with E-state index in [1.807, 2.05) is 20.8 Å². The fourth-order valence-corrected chi connectivity index (χ4v) is 5.37. The lowest BCUT2D eigenvalue weighted by atomic mass is 10.1. The van der Waals surface area contributed by atoms with Gasteiger partial charge in [0.1, 0.15) is 23.9 Å². The van der Waals surface area contributed by atoms with Crippen LogP contribution in [0.2, 0.25) is 0 Å². The summed E-state index contributed by atoms with van der Waals surface area (Å²) in [7, 11) is -3.66. The Morgan fingerprint density at radius 3 is 2.31 bits per heavy atom. The van der Waals surface area contributed by atoms with Crippen LogP contribution in [-0.4, -0.2) is 61.5 Å². The highest BCUT2D eigenvalue weighted by Gasteiger charge is 2.31. The molecule has 1 aliphatic rings. The first-order chi connectivity index (χ1) is 16.8. The summed E-state index contributed by atoms with van der Waals surface area (Å²) in [6.45, 7) is 7.27. The fraction of sp³-hybridized carbons (Fsp3) is 0.360. The van der Waals surface area contributed by atoms with Gasteiger partial charge in [0.25, 0.3) is 5.91 Å². The van der Waals surface area contributed by atoms with Gasteiger partial charge in [0.2, 0.25) is 10.0 Å². The molecular formula is C25H29N3O6S. The van der Waals surface area contributed by atoms with Gasteiger partial charge in [-0.15, -0.1) is 0 Å². The standard InChI is InChI=1S/C25H29N3O6S/c1-4-32-20-9-11-21(12-10-20)35(30,31)28-15-13-27(14-16-28)25(29)22-7-5-6-8-24(22)33-17-23-18(2)26-34-19(23)3/h5-12H,4,13-17H2,1-3H3. The summed E-state index contributed by atoms with van der Waals surface area (Å²) in [4.78, 5) is 15.1. The molecule has 0 N–H and O–H groups in total. The Morgan fingerprint density at radius 2 is 1.69 bits per heavy atom. The predicted molar refractivity (Wildman–Crippen MR) is 129 cm³/mol. The molecule has 2 aromatic carbocycles. The van der Waals surface area contributed by atoms with Crippen molar-refractivity contribution < 1.29 is 27.2 Å². The van der Waals surface area contributed by atoms with Crippen LogP contribution in [0.1, 0.15) is 34.3 Å². The molecule has 0 unspecified atom stereocenters. The van der Waals surface area contributed by atoms with E-state index in [0.29, 0.717) is 29.4 Å². The van der Waals surface area contributed by atoms with Gasteiger partial charge in [0.05, 0.1) is 28.3 Å². The van der Waals surface area contributed by atoms with Crippen molar-refractivity contribution in [3.05, 3.63) is 71.1 Å². The minimum Gasteiger partial charge on any atom is -0.494 e. The molecular weight excluding hydrogens is 470 g/mol. The molecule has 4 rings (SSSR count). The second kappa shape index (κ2) is 10.5. The summed E-state index contributed by atoms with van der Waals surface area (Å²) >= 11 is 0. The van der Waals surface area contributed by atoms with Crippen LogP contribution >= 0.6 is 0 Å². The lowest BCUT2D eigenvalue weighted by Gasteiger charge is -2.34. The molecule has 1 saturated heterocycles. The summed E-state index contributed by atoms with van der Waals surface area (Å²) in [5.74, 6) is 1.56. The van der Waals surface area contributed by atoms with Crippen molar-refractivity contribution in [1.82, 2.24) is 14.4 Å². The first-order valence-corrected chi connectivity index (χ1v) is 12.9. The monoisotopic (exact) mass is 499 g/mol. The summed E-state index contributed by atoms with van der Waals surface area (Å²) in [6.07, 6.45) is 0. The maximum atomic E-state index is 13.3. The Bertz CT molecular complexity index is 1260. The molecule has 0 aliphatic carbocycles. The van der Waals surface area contributed by atoms with Crippen molar-refractivity contribution in [3.8, 4) is 11.5 Å². The number of aromatic nitrogens is 1. The van der Waals surface area contributed by atoms with Gasteiger partial charge >= 0.3 is 0 Å². The first kappa shape index (κ1) is 24.7. The highest BCUT2D eigenvalue weighted by molar-refractivity contribution is 7.89. The number of para-hydroxylation sites is 1. The highest BCUT2D eigenvalue weighted by atomic mass is 32.2. The zero-order valence-electron chi connectivity index (χ0n) is 20.1. The number of carbonyl (C=O) groups excluding carboxylic acids is 1. The van der Waals surface area contributed by atoms with Gasteiger partial charge in [0, 0.05) is 26.2 Å². The number of nitrogens with zero attached hydrogens (tertiary/aromatic N) is 3. The SMILES string of the molecule is CCOc1ccc(S(=O)(=O)N2CCN(C(=O)c3ccccc3OCc3c(C)noc3C)CC2)cc1. The molecule has 9 nitrogen and oxygen atoms in total. The Balaban J connectivity index is 1.41. The third-order valence-electron chi connectivity index (χ3n) is 5.97. The van der Waals surface area contributed by atoms with E-state index < -0.39 is 10.0 Å². The number of piperazine rings is 1. The summed E-state index contributed by atoms with van der Waals surface area (Å²) in [6, 6.07) is 13.4. The average molecular weight is 500 g/mol. The predicted octanol–water partition coefficient (Wildman–Crippen LogP) is 3.42.